The van der Waals surface area contributed by atoms with Crippen molar-refractivity contribution in [1.29, 1.82) is 15.8 Å². The van der Waals surface area contributed by atoms with E-state index >= 15 is 0 Å². The zero-order valence-electron chi connectivity index (χ0n) is 33.1. The van der Waals surface area contributed by atoms with Crippen molar-refractivity contribution in [3.05, 3.63) is 153 Å². The van der Waals surface area contributed by atoms with Gasteiger partial charge in [-0.3, -0.25) is 0 Å². The fraction of sp³-hybridized carbons (Fsp3) is 0.0714. The molecular formula is C42H28BrF8N13. The average Bonchev–Trinajstić information content (AvgIpc) is 3.83. The van der Waals surface area contributed by atoms with Gasteiger partial charge >= 0.3 is 0 Å². The molecule has 324 valence electrons. The molecule has 8 rings (SSSR count). The molecule has 22 heteroatoms. The molecule has 8 aromatic rings. The van der Waals surface area contributed by atoms with Crippen LogP contribution in [0.5, 0.6) is 0 Å². The van der Waals surface area contributed by atoms with Crippen LogP contribution < -0.4 is 21.7 Å². The first-order chi connectivity index (χ1) is 30.3. The van der Waals surface area contributed by atoms with Crippen LogP contribution in [0.1, 0.15) is 16.7 Å². The van der Waals surface area contributed by atoms with E-state index in [2.05, 4.69) is 41.2 Å². The van der Waals surface area contributed by atoms with Crippen molar-refractivity contribution in [2.75, 3.05) is 28.7 Å². The van der Waals surface area contributed by atoms with Crippen molar-refractivity contribution in [3.8, 4) is 18.2 Å². The van der Waals surface area contributed by atoms with Gasteiger partial charge in [0.2, 0.25) is 0 Å². The number of imidazole rings is 2. The molecule has 0 aliphatic heterocycles. The van der Waals surface area contributed by atoms with Crippen LogP contribution in [-0.4, -0.2) is 36.1 Å². The lowest BCUT2D eigenvalue weighted by Gasteiger charge is -2.19. The molecule has 5 N–H and O–H groups in total. The standard InChI is InChI=1S/C15H11F2N5.C14H9F2N5.C7H4F2N2.C6H4BrF2N/c1-21-8-20-12-7-19-14(5-13(12)21)22(2)15-10(16)3-9(6-18)4-11(15)17;1-21-7-19-11-6-18-13(4-12(11)21)20-14-9(15)2-8(5-17)3-10(14)16;8-5-1-4(3-10)2-6(9)7(5)11;7-3-1-4(8)6(10)5(9)2-3/h3-5,7-8H,1-2H3;2-4,6-7H,1H3,(H,18,20);1-2H,11H2;1-2H,10H2. The number of anilines is 6. The quantitative estimate of drug-likeness (QED) is 0.112. The summed E-state index contributed by atoms with van der Waals surface area (Å²) < 4.78 is 110. The molecule has 4 heterocycles. The monoisotopic (exact) mass is 945 g/mol. The first-order valence-corrected chi connectivity index (χ1v) is 18.5. The summed E-state index contributed by atoms with van der Waals surface area (Å²) in [7, 11) is 5.14. The van der Waals surface area contributed by atoms with Crippen LogP contribution in [-0.2, 0) is 14.1 Å². The molecule has 13 nitrogen and oxygen atoms in total. The minimum atomic E-state index is -0.901. The van der Waals surface area contributed by atoms with E-state index < -0.39 is 57.9 Å². The Labute approximate surface area is 365 Å². The summed E-state index contributed by atoms with van der Waals surface area (Å²) in [6.07, 6.45) is 6.32. The highest BCUT2D eigenvalue weighted by atomic mass is 79.9. The first-order valence-electron chi connectivity index (χ1n) is 17.7. The fourth-order valence-corrected chi connectivity index (χ4v) is 5.86. The number of nitrogen functional groups attached to an aromatic ring is 2. The molecule has 0 bridgehead atoms. The number of halogens is 9. The van der Waals surface area contributed by atoms with Gasteiger partial charge in [-0.05, 0) is 48.5 Å². The zero-order valence-corrected chi connectivity index (χ0v) is 34.7. The number of aryl methyl sites for hydroxylation is 2. The van der Waals surface area contributed by atoms with Crippen LogP contribution in [0.15, 0.2) is 90.2 Å². The molecule has 4 aromatic carbocycles. The van der Waals surface area contributed by atoms with Crippen LogP contribution >= 0.6 is 15.9 Å². The van der Waals surface area contributed by atoms with E-state index in [0.29, 0.717) is 21.3 Å². The summed E-state index contributed by atoms with van der Waals surface area (Å²) in [5.74, 6) is -5.96. The number of fused-ring (bicyclic) bond motifs is 2. The Balaban J connectivity index is 0.000000170. The van der Waals surface area contributed by atoms with Crippen LogP contribution in [0.2, 0.25) is 0 Å². The van der Waals surface area contributed by atoms with Gasteiger partial charge in [0.15, 0.2) is 23.3 Å². The summed E-state index contributed by atoms with van der Waals surface area (Å²) in [4.78, 5) is 17.8. The number of rotatable bonds is 4. The molecule has 0 fully saturated rings. The molecule has 0 atom stereocenters. The van der Waals surface area contributed by atoms with Gasteiger partial charge in [0.25, 0.3) is 0 Å². The molecular weight excluding hydrogens is 918 g/mol. The molecule has 0 unspecified atom stereocenters. The largest absolute Gasteiger partial charge is 0.394 e. The van der Waals surface area contributed by atoms with E-state index in [-0.39, 0.29) is 33.9 Å². The maximum atomic E-state index is 14.1. The molecule has 0 aliphatic carbocycles. The second-order valence-electron chi connectivity index (χ2n) is 13.1. The number of aromatic nitrogens is 6. The number of nitrogens with two attached hydrogens (primary N) is 2. The molecule has 0 amide bonds. The van der Waals surface area contributed by atoms with Crippen molar-refractivity contribution < 1.29 is 35.1 Å². The third-order valence-electron chi connectivity index (χ3n) is 8.71. The third-order valence-corrected chi connectivity index (χ3v) is 9.17. The van der Waals surface area contributed by atoms with E-state index in [1.165, 1.54) is 18.1 Å². The van der Waals surface area contributed by atoms with Gasteiger partial charge in [0, 0.05) is 37.7 Å². The van der Waals surface area contributed by atoms with Crippen molar-refractivity contribution in [2.24, 2.45) is 14.1 Å². The van der Waals surface area contributed by atoms with Crippen LogP contribution in [0.25, 0.3) is 22.1 Å². The predicted molar refractivity (Wildman–Crippen MR) is 224 cm³/mol. The molecule has 64 heavy (non-hydrogen) atoms. The Bertz CT molecular complexity index is 3080. The number of nitriles is 3. The maximum absolute atomic E-state index is 14.1. The van der Waals surface area contributed by atoms with E-state index in [0.717, 1.165) is 59.6 Å². The van der Waals surface area contributed by atoms with E-state index in [1.54, 1.807) is 58.3 Å². The molecule has 0 radical (unpaired) electrons. The number of nitrogens with zero attached hydrogens (tertiary/aromatic N) is 10. The SMILES string of the molecule is CN(c1cc2c(cn1)ncn2C)c1c(F)cc(C#N)cc1F.Cn1cnc2cnc(Nc3c(F)cc(C#N)cc3F)cc21.N#Cc1cc(F)c(N)c(F)c1.Nc1c(F)cc(Br)cc1F. The second-order valence-corrected chi connectivity index (χ2v) is 14.0. The molecule has 0 spiro atoms. The Morgan fingerprint density at radius 1 is 0.562 bits per heavy atom. The smallest absolute Gasteiger partial charge is 0.151 e. The highest BCUT2D eigenvalue weighted by Crippen LogP contribution is 2.30. The Morgan fingerprint density at radius 2 is 0.953 bits per heavy atom. The Hall–Kier alpha value is -8.29. The van der Waals surface area contributed by atoms with Crippen molar-refractivity contribution >= 4 is 72.4 Å². The third kappa shape index (κ3) is 10.8. The number of hydrogen-bond acceptors (Lipinski definition) is 11. The van der Waals surface area contributed by atoms with Crippen molar-refractivity contribution in [3.63, 3.8) is 0 Å². The van der Waals surface area contributed by atoms with Gasteiger partial charge in [-0.15, -0.1) is 0 Å². The number of hydrogen-bond donors (Lipinski definition) is 3. The van der Waals surface area contributed by atoms with Gasteiger partial charge in [-0.25, -0.2) is 55.1 Å². The second kappa shape index (κ2) is 20.1. The van der Waals surface area contributed by atoms with Crippen molar-refractivity contribution in [2.45, 2.75) is 0 Å². The summed E-state index contributed by atoms with van der Waals surface area (Å²) in [6.45, 7) is 0. The summed E-state index contributed by atoms with van der Waals surface area (Å²) in [6, 6.07) is 16.3. The summed E-state index contributed by atoms with van der Waals surface area (Å²) in [5, 5.41) is 28.2. The minimum absolute atomic E-state index is 0.0674. The lowest BCUT2D eigenvalue weighted by atomic mass is 10.2. The van der Waals surface area contributed by atoms with E-state index in [4.69, 9.17) is 27.3 Å². The van der Waals surface area contributed by atoms with Crippen LogP contribution in [0.3, 0.4) is 0 Å². The Kier molecular flexibility index (Phi) is 14.7. The topological polar surface area (TPSA) is 200 Å². The lowest BCUT2D eigenvalue weighted by molar-refractivity contribution is 0.582. The number of pyridine rings is 2. The van der Waals surface area contributed by atoms with Gasteiger partial charge in [0.05, 0.1) is 71.0 Å². The average molecular weight is 947 g/mol. The Morgan fingerprint density at radius 3 is 1.41 bits per heavy atom. The summed E-state index contributed by atoms with van der Waals surface area (Å²) >= 11 is 2.91. The molecule has 4 aromatic heterocycles. The minimum Gasteiger partial charge on any atom is -0.394 e. The molecule has 0 aliphatic rings. The fourth-order valence-electron chi connectivity index (χ4n) is 5.45. The normalized spacial score (nSPS) is 10.3. The highest BCUT2D eigenvalue weighted by Gasteiger charge is 2.19. The zero-order chi connectivity index (χ0) is 47.0. The van der Waals surface area contributed by atoms with E-state index in [1.807, 2.05) is 14.1 Å². The van der Waals surface area contributed by atoms with Gasteiger partial charge in [-0.2, -0.15) is 15.8 Å². The van der Waals surface area contributed by atoms with Crippen molar-refractivity contribution in [1.82, 2.24) is 29.1 Å². The van der Waals surface area contributed by atoms with Crippen LogP contribution in [0, 0.1) is 80.5 Å². The lowest BCUT2D eigenvalue weighted by Crippen LogP contribution is -2.15. The first kappa shape index (κ1) is 46.8. The highest BCUT2D eigenvalue weighted by molar-refractivity contribution is 9.10. The van der Waals surface area contributed by atoms with Gasteiger partial charge in [-0.1, -0.05) is 15.9 Å². The molecule has 0 saturated carbocycles. The van der Waals surface area contributed by atoms with Gasteiger partial charge in [0.1, 0.15) is 68.7 Å². The predicted octanol–water partition coefficient (Wildman–Crippen LogP) is 9.48. The molecule has 0 saturated heterocycles. The summed E-state index contributed by atoms with van der Waals surface area (Å²) in [5.41, 5.74) is 11.1. The van der Waals surface area contributed by atoms with Crippen LogP contribution in [0.4, 0.5) is 69.5 Å². The van der Waals surface area contributed by atoms with Gasteiger partial charge < -0.3 is 30.8 Å². The number of benzene rings is 4. The number of nitrogens with one attached hydrogen (secondary N) is 1. The van der Waals surface area contributed by atoms with E-state index in [9.17, 15) is 35.1 Å². The maximum Gasteiger partial charge on any atom is 0.151 e.